The topological polar surface area (TPSA) is 85.2 Å². The normalized spacial score (nSPS) is 21.9. The molecule has 34 heavy (non-hydrogen) atoms. The van der Waals surface area contributed by atoms with Crippen LogP contribution in [0.5, 0.6) is 0 Å². The van der Waals surface area contributed by atoms with Crippen LogP contribution >= 0.6 is 11.8 Å². The molecule has 6 nitrogen and oxygen atoms in total. The van der Waals surface area contributed by atoms with Crippen molar-refractivity contribution in [1.29, 1.82) is 0 Å². The van der Waals surface area contributed by atoms with Gasteiger partial charge in [0.1, 0.15) is 5.84 Å². The first-order chi connectivity index (χ1) is 15.9. The molecule has 0 radical (unpaired) electrons. The summed E-state index contributed by atoms with van der Waals surface area (Å²) in [5.74, 6) is 0.318. The van der Waals surface area contributed by atoms with E-state index in [4.69, 9.17) is 5.11 Å². The van der Waals surface area contributed by atoms with Gasteiger partial charge < -0.3 is 15.5 Å². The van der Waals surface area contributed by atoms with Crippen LogP contribution < -0.4 is 5.32 Å². The average molecular weight is 511 g/mol. The Balaban J connectivity index is 1.66. The monoisotopic (exact) mass is 511 g/mol. The van der Waals surface area contributed by atoms with Gasteiger partial charge in [0, 0.05) is 6.54 Å². The summed E-state index contributed by atoms with van der Waals surface area (Å²) in [6.07, 6.45) is -7.82. The van der Waals surface area contributed by atoms with Crippen LogP contribution in [0, 0.1) is 5.92 Å². The second-order valence-electron chi connectivity index (χ2n) is 8.05. The summed E-state index contributed by atoms with van der Waals surface area (Å²) >= 11 is 0.944. The Morgan fingerprint density at radius 2 is 1.85 bits per heavy atom. The fourth-order valence-corrected chi connectivity index (χ4v) is 4.52. The third-order valence-corrected chi connectivity index (χ3v) is 6.32. The average Bonchev–Trinajstić information content (AvgIpc) is 3.11. The number of aliphatic hydroxyl groups excluding tert-OH is 2. The molecule has 1 unspecified atom stereocenters. The number of hydrogen-bond acceptors (Lipinski definition) is 6. The Kier molecular flexibility index (Phi) is 8.32. The molecule has 3 rings (SSSR count). The lowest BCUT2D eigenvalue weighted by molar-refractivity contribution is -0.143. The van der Waals surface area contributed by atoms with E-state index in [9.17, 15) is 36.2 Å². The number of amidine groups is 1. The molecule has 188 valence electrons. The number of allylic oxidation sites excluding steroid dienone is 1. The molecule has 1 atom stereocenters. The fourth-order valence-electron chi connectivity index (χ4n) is 3.70. The number of nitrogens with zero attached hydrogens (tertiary/aromatic N) is 2. The van der Waals surface area contributed by atoms with E-state index in [1.165, 1.54) is 0 Å². The molecule has 2 heterocycles. The Morgan fingerprint density at radius 3 is 2.44 bits per heavy atom. The van der Waals surface area contributed by atoms with Gasteiger partial charge in [0.15, 0.2) is 0 Å². The number of alkyl halides is 6. The third kappa shape index (κ3) is 6.96. The van der Waals surface area contributed by atoms with Crippen LogP contribution in [0.3, 0.4) is 0 Å². The number of thioether (sulfide) groups is 1. The van der Waals surface area contributed by atoms with E-state index in [1.807, 2.05) is 6.08 Å². The molecule has 2 aliphatic heterocycles. The van der Waals surface area contributed by atoms with Crippen LogP contribution in [-0.2, 0) is 18.9 Å². The van der Waals surface area contributed by atoms with Gasteiger partial charge in [-0.3, -0.25) is 14.7 Å². The largest absolute Gasteiger partial charge is 0.416 e. The number of piperidine rings is 1. The molecule has 2 aliphatic rings. The molecule has 2 saturated heterocycles. The number of rotatable bonds is 6. The smallest absolute Gasteiger partial charge is 0.394 e. The highest BCUT2D eigenvalue weighted by atomic mass is 32.2. The summed E-state index contributed by atoms with van der Waals surface area (Å²) in [6.45, 7) is 0.168. The van der Waals surface area contributed by atoms with Gasteiger partial charge in [-0.25, -0.2) is 0 Å². The number of nitrogens with one attached hydrogen (secondary N) is 1. The van der Waals surface area contributed by atoms with Gasteiger partial charge in [-0.1, -0.05) is 12.1 Å². The third-order valence-electron chi connectivity index (χ3n) is 5.48. The van der Waals surface area contributed by atoms with Gasteiger partial charge in [-0.15, -0.1) is 0 Å². The van der Waals surface area contributed by atoms with Crippen molar-refractivity contribution in [2.24, 2.45) is 10.9 Å². The van der Waals surface area contributed by atoms with Crippen molar-refractivity contribution in [2.45, 2.75) is 37.8 Å². The molecule has 1 amide bonds. The first kappa shape index (κ1) is 26.5. The van der Waals surface area contributed by atoms with E-state index in [2.05, 4.69) is 10.3 Å². The van der Waals surface area contributed by atoms with Crippen LogP contribution in [0.25, 0.3) is 0 Å². The van der Waals surface area contributed by atoms with Crippen LogP contribution in [0.4, 0.5) is 31.1 Å². The van der Waals surface area contributed by atoms with Gasteiger partial charge in [0.25, 0.3) is 5.24 Å². The van der Waals surface area contributed by atoms with Crippen LogP contribution in [0.2, 0.25) is 0 Å². The lowest BCUT2D eigenvalue weighted by Gasteiger charge is -2.31. The predicted octanol–water partition coefficient (Wildman–Crippen LogP) is 4.03. The van der Waals surface area contributed by atoms with Crippen molar-refractivity contribution in [3.8, 4) is 0 Å². The second kappa shape index (κ2) is 10.7. The number of carbonyl (C=O) groups is 1. The first-order valence-corrected chi connectivity index (χ1v) is 11.2. The molecule has 0 aromatic heterocycles. The van der Waals surface area contributed by atoms with Gasteiger partial charge in [-0.05, 0) is 61.3 Å². The van der Waals surface area contributed by atoms with Gasteiger partial charge in [0.05, 0.1) is 35.3 Å². The molecule has 0 saturated carbocycles. The summed E-state index contributed by atoms with van der Waals surface area (Å²) in [5.41, 5.74) is -2.84. The summed E-state index contributed by atoms with van der Waals surface area (Å²) in [7, 11) is 0. The molecule has 0 spiro atoms. The number of amides is 1. The Morgan fingerprint density at radius 1 is 1.18 bits per heavy atom. The number of benzene rings is 1. The Bertz CT molecular complexity index is 956. The number of carbonyl (C=O) groups excluding carboxylic acids is 1. The predicted molar refractivity (Wildman–Crippen MR) is 114 cm³/mol. The zero-order valence-corrected chi connectivity index (χ0v) is 18.6. The molecule has 2 fully saturated rings. The number of hydrogen-bond donors (Lipinski definition) is 3. The van der Waals surface area contributed by atoms with Gasteiger partial charge in [-0.2, -0.15) is 26.3 Å². The molecule has 0 aliphatic carbocycles. The van der Waals surface area contributed by atoms with Crippen molar-refractivity contribution in [2.75, 3.05) is 26.2 Å². The van der Waals surface area contributed by atoms with E-state index >= 15 is 0 Å². The maximum absolute atomic E-state index is 13.4. The van der Waals surface area contributed by atoms with Gasteiger partial charge in [0.2, 0.25) is 0 Å². The van der Waals surface area contributed by atoms with E-state index in [1.54, 1.807) is 4.90 Å². The molecule has 1 aromatic carbocycles. The quantitative estimate of drug-likeness (QED) is 0.503. The van der Waals surface area contributed by atoms with Crippen molar-refractivity contribution in [1.82, 2.24) is 10.2 Å². The van der Waals surface area contributed by atoms with Gasteiger partial charge >= 0.3 is 12.4 Å². The lowest BCUT2D eigenvalue weighted by Crippen LogP contribution is -2.33. The zero-order chi connectivity index (χ0) is 25.1. The van der Waals surface area contributed by atoms with Crippen LogP contribution in [0.1, 0.15) is 29.5 Å². The summed E-state index contributed by atoms with van der Waals surface area (Å²) < 4.78 is 78.8. The van der Waals surface area contributed by atoms with E-state index in [0.717, 1.165) is 17.8 Å². The summed E-state index contributed by atoms with van der Waals surface area (Å²) in [6, 6.07) is 1.70. The number of likely N-dealkylation sites (tertiary alicyclic amines) is 1. The highest BCUT2D eigenvalue weighted by Crippen LogP contribution is 2.38. The molecular weight excluding hydrogens is 488 g/mol. The number of aliphatic imine (C=N–C) groups is 1. The standard InChI is InChI=1S/C21H23F6N3O3S/c22-20(23,24)14-2-1-13(16(8-14)21(25,26)27)10-30-5-3-12(4-6-30)7-17-18(29-19(33)34-17)28-9-15(32)11-31/h1-2,7-8,12,15,31-32H,3-6,9-11H2,(H,28,29,33). The maximum Gasteiger partial charge on any atom is 0.416 e. The van der Waals surface area contributed by atoms with Crippen molar-refractivity contribution < 1.29 is 41.4 Å². The Labute approximate surface area is 195 Å². The maximum atomic E-state index is 13.4. The first-order valence-electron chi connectivity index (χ1n) is 10.4. The van der Waals surface area contributed by atoms with E-state index in [-0.39, 0.29) is 35.9 Å². The lowest BCUT2D eigenvalue weighted by atomic mass is 9.95. The zero-order valence-electron chi connectivity index (χ0n) is 17.8. The fraction of sp³-hybridized carbons (Fsp3) is 0.524. The van der Waals surface area contributed by atoms with Crippen LogP contribution in [-0.4, -0.2) is 58.5 Å². The molecular formula is C21H23F6N3O3S. The summed E-state index contributed by atoms with van der Waals surface area (Å²) in [5, 5.41) is 20.6. The Hall–Kier alpha value is -2.09. The number of halogens is 6. The van der Waals surface area contributed by atoms with Crippen molar-refractivity contribution in [3.63, 3.8) is 0 Å². The van der Waals surface area contributed by atoms with E-state index in [0.29, 0.717) is 42.7 Å². The minimum atomic E-state index is -4.90. The SMILES string of the molecule is O=C1NC(=NCC(O)CO)C(=CC2CCN(Cc3ccc(C(F)(F)F)cc3C(F)(F)F)CC2)S1. The minimum absolute atomic E-state index is 0.0223. The molecule has 0 bridgehead atoms. The van der Waals surface area contributed by atoms with Crippen LogP contribution in [0.15, 0.2) is 34.2 Å². The molecule has 3 N–H and O–H groups in total. The molecule has 1 aromatic rings. The second-order valence-corrected chi connectivity index (χ2v) is 9.07. The highest BCUT2D eigenvalue weighted by molar-refractivity contribution is 8.18. The number of aliphatic hydroxyl groups is 2. The highest BCUT2D eigenvalue weighted by Gasteiger charge is 2.38. The molecule has 13 heteroatoms. The minimum Gasteiger partial charge on any atom is -0.394 e. The van der Waals surface area contributed by atoms with Crippen molar-refractivity contribution in [3.05, 3.63) is 45.9 Å². The summed E-state index contributed by atoms with van der Waals surface area (Å²) in [4.78, 5) is 18.2. The van der Waals surface area contributed by atoms with Crippen molar-refractivity contribution >= 4 is 22.8 Å². The van der Waals surface area contributed by atoms with E-state index < -0.39 is 36.2 Å².